The van der Waals surface area contributed by atoms with Gasteiger partial charge in [-0.2, -0.15) is 0 Å². The molecule has 200 valence electrons. The molecular weight excluding hydrogens is 520 g/mol. The average Bonchev–Trinajstić information content (AvgIpc) is 3.65. The van der Waals surface area contributed by atoms with Crippen molar-refractivity contribution in [1.82, 2.24) is 0 Å². The Kier molecular flexibility index (Phi) is 2.70. The topological polar surface area (TPSA) is 13.1 Å². The molecule has 1 heteroatoms. The van der Waals surface area contributed by atoms with E-state index < -0.39 is 120 Å². The standard InChI is InChI=1S/C42H26O/c1-2-11-27(12-3-1)28-21-23-30(24-22-28)39-32-15-6-8-17-34(32)40(35-18-9-7-16-33(35)39)36-19-10-20-38-41(36)37-26-25-29-13-4-5-14-31(29)42(37)43-38/h1-26H/i1D,2D,3D,4D,5D,10D,11D,12D,13D,14D,19D,20D,21D,22D,23D,24D,25D,26D. The van der Waals surface area contributed by atoms with E-state index in [4.69, 9.17) is 23.6 Å². The van der Waals surface area contributed by atoms with Crippen molar-refractivity contribution in [1.29, 1.82) is 0 Å². The molecule has 0 saturated carbocycles. The normalized spacial score (nSPS) is 17.6. The van der Waals surface area contributed by atoms with Gasteiger partial charge in [-0.05, 0) is 72.4 Å². The monoisotopic (exact) mass is 564 g/mol. The Morgan fingerprint density at radius 1 is 0.419 bits per heavy atom. The zero-order valence-corrected chi connectivity index (χ0v) is 22.0. The highest BCUT2D eigenvalue weighted by atomic mass is 16.3. The minimum atomic E-state index is -0.707. The second kappa shape index (κ2) is 9.44. The van der Waals surface area contributed by atoms with Gasteiger partial charge in [-0.1, -0.05) is 145 Å². The van der Waals surface area contributed by atoms with Gasteiger partial charge in [-0.3, -0.25) is 0 Å². The SMILES string of the molecule is [2H]c1c([2H])c([2H])c(-c2c([2H])c([2H])c(-c3c4ccccc4c(-c4c([2H])c([2H])c([2H])c5oc6c7c([2H])c([2H])c([2H])c([2H])c7c([2H])c([2H])c6c45)c4ccccc34)c([2H])c2[2H])c([2H])c1[2H]. The molecule has 0 aliphatic carbocycles. The molecule has 1 aromatic heterocycles. The van der Waals surface area contributed by atoms with Crippen LogP contribution in [0.3, 0.4) is 0 Å². The minimum Gasteiger partial charge on any atom is -0.455 e. The number of furan rings is 1. The molecule has 0 N–H and O–H groups in total. The van der Waals surface area contributed by atoms with Crippen LogP contribution in [0.2, 0.25) is 0 Å². The lowest BCUT2D eigenvalue weighted by Gasteiger charge is -2.18. The summed E-state index contributed by atoms with van der Waals surface area (Å²) in [7, 11) is 0. The minimum absolute atomic E-state index is 0.00197. The second-order valence-electron chi connectivity index (χ2n) is 9.85. The first kappa shape index (κ1) is 12.3. The number of hydrogen-bond donors (Lipinski definition) is 0. The molecule has 0 saturated heterocycles. The Bertz CT molecular complexity index is 3400. The first-order chi connectivity index (χ1) is 28.8. The summed E-state index contributed by atoms with van der Waals surface area (Å²) in [6, 6.07) is 2.47. The molecule has 1 heterocycles. The van der Waals surface area contributed by atoms with E-state index in [-0.39, 0.29) is 55.0 Å². The van der Waals surface area contributed by atoms with Gasteiger partial charge in [-0.25, -0.2) is 0 Å². The lowest BCUT2D eigenvalue weighted by atomic mass is 9.84. The van der Waals surface area contributed by atoms with Crippen molar-refractivity contribution in [2.75, 3.05) is 0 Å². The molecule has 0 amide bonds. The van der Waals surface area contributed by atoms with Gasteiger partial charge in [0.15, 0.2) is 0 Å². The quantitative estimate of drug-likeness (QED) is 0.195. The highest BCUT2D eigenvalue weighted by Gasteiger charge is 2.20. The van der Waals surface area contributed by atoms with Crippen LogP contribution in [0.1, 0.15) is 24.7 Å². The molecule has 0 aliphatic heterocycles. The number of rotatable bonds is 3. The van der Waals surface area contributed by atoms with Gasteiger partial charge in [-0.15, -0.1) is 0 Å². The van der Waals surface area contributed by atoms with E-state index >= 15 is 0 Å². The Morgan fingerprint density at radius 2 is 1.02 bits per heavy atom. The van der Waals surface area contributed by atoms with Crippen LogP contribution in [0, 0.1) is 0 Å². The van der Waals surface area contributed by atoms with Gasteiger partial charge in [0.25, 0.3) is 0 Å². The van der Waals surface area contributed by atoms with Crippen molar-refractivity contribution in [3.05, 3.63) is 157 Å². The Morgan fingerprint density at radius 3 is 1.74 bits per heavy atom. The smallest absolute Gasteiger partial charge is 0.143 e. The summed E-state index contributed by atoms with van der Waals surface area (Å²) in [6.45, 7) is 0. The predicted octanol–water partition coefficient (Wildman–Crippen LogP) is 12.0. The second-order valence-corrected chi connectivity index (χ2v) is 9.85. The molecule has 1 nitrogen and oxygen atoms in total. The fraction of sp³-hybridized carbons (Fsp3) is 0. The molecular formula is C42H26O. The molecule has 0 atom stereocenters. The van der Waals surface area contributed by atoms with E-state index in [1.807, 2.05) is 0 Å². The van der Waals surface area contributed by atoms with Gasteiger partial charge in [0.2, 0.25) is 0 Å². The number of benzene rings is 8. The first-order valence-corrected chi connectivity index (χ1v) is 13.3. The summed E-state index contributed by atoms with van der Waals surface area (Å²) < 4.78 is 164. The van der Waals surface area contributed by atoms with Crippen LogP contribution in [0.15, 0.2) is 162 Å². The molecule has 0 spiro atoms. The van der Waals surface area contributed by atoms with Crippen molar-refractivity contribution in [2.45, 2.75) is 0 Å². The van der Waals surface area contributed by atoms with Crippen LogP contribution in [0.25, 0.3) is 87.6 Å². The van der Waals surface area contributed by atoms with Gasteiger partial charge in [0.1, 0.15) is 11.2 Å². The zero-order valence-electron chi connectivity index (χ0n) is 40.0. The fourth-order valence-corrected chi connectivity index (χ4v) is 5.76. The Balaban J connectivity index is 1.46. The summed E-state index contributed by atoms with van der Waals surface area (Å²) in [6.07, 6.45) is 0. The maximum absolute atomic E-state index is 9.41. The zero-order chi connectivity index (χ0) is 44.0. The fourth-order valence-electron chi connectivity index (χ4n) is 5.76. The van der Waals surface area contributed by atoms with Crippen molar-refractivity contribution in [2.24, 2.45) is 0 Å². The van der Waals surface area contributed by atoms with E-state index in [1.165, 1.54) is 0 Å². The largest absolute Gasteiger partial charge is 0.455 e. The third kappa shape index (κ3) is 3.65. The molecule has 9 rings (SSSR count). The number of fused-ring (bicyclic) bond motifs is 7. The predicted molar refractivity (Wildman–Crippen MR) is 183 cm³/mol. The summed E-state index contributed by atoms with van der Waals surface area (Å²) >= 11 is 0. The van der Waals surface area contributed by atoms with Crippen molar-refractivity contribution in [3.8, 4) is 33.4 Å². The van der Waals surface area contributed by atoms with Crippen LogP contribution >= 0.6 is 0 Å². The summed E-state index contributed by atoms with van der Waals surface area (Å²) in [5.41, 5.74) is -1.14. The van der Waals surface area contributed by atoms with E-state index in [1.54, 1.807) is 48.5 Å². The Labute approximate surface area is 274 Å². The summed E-state index contributed by atoms with van der Waals surface area (Å²) in [5, 5.41) is 0.808. The molecule has 9 aromatic rings. The highest BCUT2D eigenvalue weighted by Crippen LogP contribution is 2.47. The van der Waals surface area contributed by atoms with Gasteiger partial charge < -0.3 is 4.42 Å². The van der Waals surface area contributed by atoms with Crippen molar-refractivity contribution in [3.63, 3.8) is 0 Å². The molecule has 0 unspecified atom stereocenters. The van der Waals surface area contributed by atoms with Gasteiger partial charge in [0.05, 0.1) is 24.7 Å². The third-order valence-corrected chi connectivity index (χ3v) is 7.56. The van der Waals surface area contributed by atoms with Crippen LogP contribution < -0.4 is 0 Å². The highest BCUT2D eigenvalue weighted by molar-refractivity contribution is 6.27. The Hall–Kier alpha value is -5.66. The van der Waals surface area contributed by atoms with Crippen molar-refractivity contribution >= 4 is 54.3 Å². The first-order valence-electron chi connectivity index (χ1n) is 22.3. The van der Waals surface area contributed by atoms with E-state index in [0.29, 0.717) is 21.5 Å². The molecule has 0 fully saturated rings. The molecule has 43 heavy (non-hydrogen) atoms. The van der Waals surface area contributed by atoms with Crippen LogP contribution in [-0.4, -0.2) is 0 Å². The number of hydrogen-bond acceptors (Lipinski definition) is 1. The molecule has 0 aliphatic rings. The van der Waals surface area contributed by atoms with Gasteiger partial charge in [0, 0.05) is 16.2 Å². The third-order valence-electron chi connectivity index (χ3n) is 7.56. The van der Waals surface area contributed by atoms with E-state index in [2.05, 4.69) is 0 Å². The van der Waals surface area contributed by atoms with Crippen molar-refractivity contribution < 1.29 is 29.1 Å². The lowest BCUT2D eigenvalue weighted by molar-refractivity contribution is 0.673. The van der Waals surface area contributed by atoms with Crippen LogP contribution in [0.5, 0.6) is 0 Å². The molecule has 0 radical (unpaired) electrons. The summed E-state index contributed by atoms with van der Waals surface area (Å²) in [4.78, 5) is 0. The lowest BCUT2D eigenvalue weighted by Crippen LogP contribution is -1.91. The maximum Gasteiger partial charge on any atom is 0.143 e. The van der Waals surface area contributed by atoms with Crippen LogP contribution in [0.4, 0.5) is 0 Å². The van der Waals surface area contributed by atoms with E-state index in [9.17, 15) is 5.48 Å². The molecule has 8 aromatic carbocycles. The van der Waals surface area contributed by atoms with Crippen LogP contribution in [-0.2, 0) is 0 Å². The molecule has 0 bridgehead atoms. The van der Waals surface area contributed by atoms with E-state index in [0.717, 1.165) is 0 Å². The van der Waals surface area contributed by atoms with Gasteiger partial charge >= 0.3 is 0 Å². The summed E-state index contributed by atoms with van der Waals surface area (Å²) in [5.74, 6) is 0. The average molecular weight is 565 g/mol. The maximum atomic E-state index is 9.41.